The number of carboxylic acid groups (broad SMARTS) is 1. The summed E-state index contributed by atoms with van der Waals surface area (Å²) in [6.45, 7) is 4.26. The highest BCUT2D eigenvalue weighted by atomic mass is 16.4. The number of nitrogens with one attached hydrogen (secondary N) is 1. The van der Waals surface area contributed by atoms with Crippen molar-refractivity contribution in [2.45, 2.75) is 32.2 Å². The minimum Gasteiger partial charge on any atom is -0.478 e. The molecule has 1 heterocycles. The van der Waals surface area contributed by atoms with Crippen molar-refractivity contribution in [1.29, 1.82) is 0 Å². The number of carboxylic acids is 1. The van der Waals surface area contributed by atoms with E-state index in [9.17, 15) is 9.90 Å². The third-order valence-corrected chi connectivity index (χ3v) is 5.59. The first-order valence-corrected chi connectivity index (χ1v) is 8.43. The predicted molar refractivity (Wildman–Crippen MR) is 95.7 cm³/mol. The van der Waals surface area contributed by atoms with E-state index in [1.165, 1.54) is 22.4 Å². The summed E-state index contributed by atoms with van der Waals surface area (Å²) in [7, 11) is 0. The monoisotopic (exact) mass is 319 g/mol. The van der Waals surface area contributed by atoms with Crippen LogP contribution in [0.2, 0.25) is 0 Å². The van der Waals surface area contributed by atoms with Crippen LogP contribution in [0.4, 0.5) is 5.69 Å². The van der Waals surface area contributed by atoms with Crippen molar-refractivity contribution in [3.63, 3.8) is 0 Å². The number of allylic oxidation sites excluding steroid dienone is 2. The molecule has 2 aliphatic rings. The second kappa shape index (κ2) is 5.52. The molecule has 0 spiro atoms. The van der Waals surface area contributed by atoms with Crippen LogP contribution in [0.5, 0.6) is 0 Å². The average Bonchev–Trinajstić information content (AvgIpc) is 3.07. The quantitative estimate of drug-likeness (QED) is 0.780. The van der Waals surface area contributed by atoms with Crippen molar-refractivity contribution in [3.8, 4) is 0 Å². The van der Waals surface area contributed by atoms with Crippen LogP contribution >= 0.6 is 0 Å². The van der Waals surface area contributed by atoms with E-state index in [0.717, 1.165) is 12.0 Å². The molecule has 0 fully saturated rings. The van der Waals surface area contributed by atoms with Gasteiger partial charge in [0.2, 0.25) is 0 Å². The third kappa shape index (κ3) is 2.15. The van der Waals surface area contributed by atoms with Crippen molar-refractivity contribution in [2.24, 2.45) is 5.92 Å². The van der Waals surface area contributed by atoms with Gasteiger partial charge in [-0.05, 0) is 54.5 Å². The number of benzene rings is 2. The summed E-state index contributed by atoms with van der Waals surface area (Å²) in [6, 6.07) is 11.8. The summed E-state index contributed by atoms with van der Waals surface area (Å²) >= 11 is 0. The lowest BCUT2D eigenvalue weighted by molar-refractivity contribution is 0.0694. The number of fused-ring (bicyclic) bond motifs is 3. The van der Waals surface area contributed by atoms with E-state index >= 15 is 0 Å². The van der Waals surface area contributed by atoms with Gasteiger partial charge in [0, 0.05) is 11.6 Å². The Morgan fingerprint density at radius 2 is 1.92 bits per heavy atom. The lowest BCUT2D eigenvalue weighted by Crippen LogP contribution is -2.30. The molecule has 1 aliphatic heterocycles. The van der Waals surface area contributed by atoms with Crippen LogP contribution in [0.25, 0.3) is 0 Å². The molecule has 0 bridgehead atoms. The van der Waals surface area contributed by atoms with Crippen LogP contribution in [0.15, 0.2) is 48.6 Å². The molecular weight excluding hydrogens is 298 g/mol. The van der Waals surface area contributed by atoms with Crippen LogP contribution in [0.3, 0.4) is 0 Å². The molecule has 24 heavy (non-hydrogen) atoms. The molecule has 0 saturated heterocycles. The molecule has 0 aromatic heterocycles. The largest absolute Gasteiger partial charge is 0.478 e. The van der Waals surface area contributed by atoms with Gasteiger partial charge in [0.1, 0.15) is 0 Å². The zero-order chi connectivity index (χ0) is 16.8. The van der Waals surface area contributed by atoms with Gasteiger partial charge in [-0.2, -0.15) is 0 Å². The molecule has 1 aliphatic carbocycles. The van der Waals surface area contributed by atoms with Crippen LogP contribution in [0, 0.1) is 19.8 Å². The molecule has 0 saturated carbocycles. The molecular formula is C21H21NO2. The topological polar surface area (TPSA) is 49.3 Å². The molecule has 0 amide bonds. The summed E-state index contributed by atoms with van der Waals surface area (Å²) in [5, 5.41) is 13.3. The first-order valence-electron chi connectivity index (χ1n) is 8.43. The Morgan fingerprint density at radius 3 is 2.71 bits per heavy atom. The number of aromatic carboxylic acids is 1. The maximum Gasteiger partial charge on any atom is 0.336 e. The standard InChI is InChI=1S/C21H21NO2/c1-12-10-11-17-14-8-5-9-15(14)20(22-19(17)13(12)2)16-6-3-4-7-18(16)21(23)24/h3-8,10-11,14-15,20,22H,9H2,1-2H3,(H,23,24)/t14-,15+,20+/m1/s1. The van der Waals surface area contributed by atoms with Crippen molar-refractivity contribution in [3.05, 3.63) is 76.4 Å². The number of aryl methyl sites for hydroxylation is 1. The van der Waals surface area contributed by atoms with Gasteiger partial charge in [-0.25, -0.2) is 4.79 Å². The van der Waals surface area contributed by atoms with E-state index < -0.39 is 5.97 Å². The summed E-state index contributed by atoms with van der Waals surface area (Å²) in [6.07, 6.45) is 5.50. The zero-order valence-electron chi connectivity index (χ0n) is 13.9. The van der Waals surface area contributed by atoms with E-state index in [1.54, 1.807) is 12.1 Å². The number of anilines is 1. The molecule has 0 unspecified atom stereocenters. The Balaban J connectivity index is 1.87. The molecule has 0 radical (unpaired) electrons. The summed E-state index contributed by atoms with van der Waals surface area (Å²) in [5.41, 5.74) is 6.30. The first-order chi connectivity index (χ1) is 11.6. The van der Waals surface area contributed by atoms with Gasteiger partial charge in [-0.1, -0.05) is 42.5 Å². The predicted octanol–water partition coefficient (Wildman–Crippen LogP) is 4.83. The SMILES string of the molecule is Cc1ccc2c(c1C)N[C@H](c1ccccc1C(=O)O)[C@H]1CC=C[C@@H]21. The Kier molecular flexibility index (Phi) is 3.45. The van der Waals surface area contributed by atoms with Crippen LogP contribution in [0.1, 0.15) is 51.0 Å². The number of hydrogen-bond donors (Lipinski definition) is 2. The molecule has 122 valence electrons. The molecule has 3 heteroatoms. The fourth-order valence-corrected chi connectivity index (χ4v) is 4.19. The minimum atomic E-state index is -0.860. The van der Waals surface area contributed by atoms with Crippen molar-refractivity contribution >= 4 is 11.7 Å². The normalized spacial score (nSPS) is 24.2. The van der Waals surface area contributed by atoms with Gasteiger partial charge in [-0.3, -0.25) is 0 Å². The third-order valence-electron chi connectivity index (χ3n) is 5.59. The second-order valence-electron chi connectivity index (χ2n) is 6.84. The highest BCUT2D eigenvalue weighted by Crippen LogP contribution is 2.51. The molecule has 2 aromatic carbocycles. The summed E-state index contributed by atoms with van der Waals surface area (Å²) < 4.78 is 0. The first kappa shape index (κ1) is 15.0. The number of rotatable bonds is 2. The van der Waals surface area contributed by atoms with E-state index in [4.69, 9.17) is 0 Å². The number of hydrogen-bond acceptors (Lipinski definition) is 2. The van der Waals surface area contributed by atoms with Crippen LogP contribution in [-0.2, 0) is 0 Å². The van der Waals surface area contributed by atoms with Gasteiger partial charge >= 0.3 is 5.97 Å². The minimum absolute atomic E-state index is 0.0188. The Bertz CT molecular complexity index is 853. The molecule has 2 N–H and O–H groups in total. The lowest BCUT2D eigenvalue weighted by atomic mass is 9.75. The molecule has 3 atom stereocenters. The van der Waals surface area contributed by atoms with Gasteiger partial charge in [0.15, 0.2) is 0 Å². The van der Waals surface area contributed by atoms with Gasteiger partial charge in [0.05, 0.1) is 11.6 Å². The Hall–Kier alpha value is -2.55. The van der Waals surface area contributed by atoms with E-state index in [-0.39, 0.29) is 6.04 Å². The highest BCUT2D eigenvalue weighted by Gasteiger charge is 2.39. The van der Waals surface area contributed by atoms with Crippen molar-refractivity contribution < 1.29 is 9.90 Å². The molecule has 3 nitrogen and oxygen atoms in total. The second-order valence-corrected chi connectivity index (χ2v) is 6.84. The van der Waals surface area contributed by atoms with E-state index in [1.807, 2.05) is 12.1 Å². The fraction of sp³-hybridized carbons (Fsp3) is 0.286. The highest BCUT2D eigenvalue weighted by molar-refractivity contribution is 5.90. The maximum absolute atomic E-state index is 11.7. The van der Waals surface area contributed by atoms with E-state index in [2.05, 4.69) is 43.4 Å². The lowest BCUT2D eigenvalue weighted by Gasteiger charge is -2.39. The van der Waals surface area contributed by atoms with Crippen molar-refractivity contribution in [1.82, 2.24) is 0 Å². The van der Waals surface area contributed by atoms with E-state index in [0.29, 0.717) is 17.4 Å². The fourth-order valence-electron chi connectivity index (χ4n) is 4.19. The molecule has 4 rings (SSSR count). The summed E-state index contributed by atoms with van der Waals surface area (Å²) in [5.74, 6) is -0.144. The van der Waals surface area contributed by atoms with Crippen LogP contribution < -0.4 is 5.32 Å². The summed E-state index contributed by atoms with van der Waals surface area (Å²) in [4.78, 5) is 11.7. The van der Waals surface area contributed by atoms with Gasteiger partial charge < -0.3 is 10.4 Å². The molecule has 2 aromatic rings. The van der Waals surface area contributed by atoms with Crippen LogP contribution in [-0.4, -0.2) is 11.1 Å². The smallest absolute Gasteiger partial charge is 0.336 e. The average molecular weight is 319 g/mol. The van der Waals surface area contributed by atoms with Gasteiger partial charge in [-0.15, -0.1) is 0 Å². The Labute approximate surface area is 142 Å². The Morgan fingerprint density at radius 1 is 1.12 bits per heavy atom. The van der Waals surface area contributed by atoms with Gasteiger partial charge in [0.25, 0.3) is 0 Å². The number of carbonyl (C=O) groups is 1. The zero-order valence-corrected chi connectivity index (χ0v) is 13.9. The van der Waals surface area contributed by atoms with Crippen molar-refractivity contribution in [2.75, 3.05) is 5.32 Å². The maximum atomic E-state index is 11.7.